The third-order valence-corrected chi connectivity index (χ3v) is 3.93. The lowest BCUT2D eigenvalue weighted by molar-refractivity contribution is -0.142. The van der Waals surface area contributed by atoms with Gasteiger partial charge in [0.05, 0.1) is 6.61 Å². The molecule has 16 heavy (non-hydrogen) atoms. The van der Waals surface area contributed by atoms with E-state index < -0.39 is 0 Å². The van der Waals surface area contributed by atoms with Gasteiger partial charge in [-0.1, -0.05) is 23.1 Å². The van der Waals surface area contributed by atoms with E-state index in [9.17, 15) is 4.79 Å². The van der Waals surface area contributed by atoms with Gasteiger partial charge in [0, 0.05) is 14.1 Å². The SMILES string of the molecule is CCOC(=O)[C@H](C)Sc1nnc(N(C)C)s1. The second kappa shape index (κ2) is 6.05. The lowest BCUT2D eigenvalue weighted by atomic mass is 10.5. The van der Waals surface area contributed by atoms with Crippen molar-refractivity contribution in [1.29, 1.82) is 0 Å². The monoisotopic (exact) mass is 261 g/mol. The Labute approximate surface area is 103 Å². The van der Waals surface area contributed by atoms with Crippen LogP contribution in [-0.4, -0.2) is 42.1 Å². The highest BCUT2D eigenvalue weighted by Crippen LogP contribution is 2.30. The van der Waals surface area contributed by atoms with E-state index in [0.29, 0.717) is 6.61 Å². The molecular weight excluding hydrogens is 246 g/mol. The van der Waals surface area contributed by atoms with E-state index >= 15 is 0 Å². The molecule has 0 spiro atoms. The zero-order valence-electron chi connectivity index (χ0n) is 9.76. The fourth-order valence-corrected chi connectivity index (χ4v) is 2.80. The number of hydrogen-bond donors (Lipinski definition) is 0. The number of carbonyl (C=O) groups excluding carboxylic acids is 1. The molecule has 90 valence electrons. The number of thioether (sulfide) groups is 1. The molecule has 1 rings (SSSR count). The van der Waals surface area contributed by atoms with Crippen molar-refractivity contribution in [2.75, 3.05) is 25.6 Å². The fourth-order valence-electron chi connectivity index (χ4n) is 0.890. The molecule has 0 aliphatic heterocycles. The predicted octanol–water partition coefficient (Wildman–Crippen LogP) is 1.65. The minimum Gasteiger partial charge on any atom is -0.465 e. The lowest BCUT2D eigenvalue weighted by Crippen LogP contribution is -2.16. The maximum absolute atomic E-state index is 11.4. The van der Waals surface area contributed by atoms with Gasteiger partial charge in [0.25, 0.3) is 0 Å². The van der Waals surface area contributed by atoms with Crippen LogP contribution >= 0.6 is 23.1 Å². The van der Waals surface area contributed by atoms with E-state index in [4.69, 9.17) is 4.74 Å². The summed E-state index contributed by atoms with van der Waals surface area (Å²) in [6.45, 7) is 4.01. The molecule has 0 bridgehead atoms. The van der Waals surface area contributed by atoms with Crippen LogP contribution in [0.15, 0.2) is 4.34 Å². The number of rotatable bonds is 5. The number of aromatic nitrogens is 2. The van der Waals surface area contributed by atoms with Crippen molar-refractivity contribution >= 4 is 34.2 Å². The van der Waals surface area contributed by atoms with Gasteiger partial charge >= 0.3 is 5.97 Å². The first kappa shape index (κ1) is 13.2. The van der Waals surface area contributed by atoms with Gasteiger partial charge in [0.1, 0.15) is 5.25 Å². The zero-order valence-corrected chi connectivity index (χ0v) is 11.4. The summed E-state index contributed by atoms with van der Waals surface area (Å²) in [5.41, 5.74) is 0. The van der Waals surface area contributed by atoms with Crippen LogP contribution in [0.5, 0.6) is 0 Å². The third kappa shape index (κ3) is 3.64. The second-order valence-electron chi connectivity index (χ2n) is 3.26. The van der Waals surface area contributed by atoms with Crippen LogP contribution in [0.2, 0.25) is 0 Å². The highest BCUT2D eigenvalue weighted by Gasteiger charge is 2.18. The Morgan fingerprint density at radius 2 is 2.25 bits per heavy atom. The molecule has 0 aromatic carbocycles. The molecule has 0 unspecified atom stereocenters. The molecule has 0 fully saturated rings. The Balaban J connectivity index is 2.55. The van der Waals surface area contributed by atoms with Gasteiger partial charge in [0.15, 0.2) is 4.34 Å². The molecule has 1 heterocycles. The molecule has 0 radical (unpaired) electrons. The molecular formula is C9H15N3O2S2. The van der Waals surface area contributed by atoms with Crippen molar-refractivity contribution in [3.05, 3.63) is 0 Å². The van der Waals surface area contributed by atoms with Crippen LogP contribution in [0.4, 0.5) is 5.13 Å². The third-order valence-electron chi connectivity index (χ3n) is 1.67. The fraction of sp³-hybridized carbons (Fsp3) is 0.667. The van der Waals surface area contributed by atoms with Crippen LogP contribution in [-0.2, 0) is 9.53 Å². The summed E-state index contributed by atoms with van der Waals surface area (Å²) in [4.78, 5) is 13.3. The number of nitrogens with zero attached hydrogens (tertiary/aromatic N) is 3. The molecule has 0 aliphatic carbocycles. The topological polar surface area (TPSA) is 55.3 Å². The molecule has 1 aromatic heterocycles. The smallest absolute Gasteiger partial charge is 0.319 e. The van der Waals surface area contributed by atoms with E-state index in [1.807, 2.05) is 19.0 Å². The molecule has 0 N–H and O–H groups in total. The average Bonchev–Trinajstić information content (AvgIpc) is 2.66. The largest absolute Gasteiger partial charge is 0.465 e. The van der Waals surface area contributed by atoms with Crippen LogP contribution in [0.1, 0.15) is 13.8 Å². The number of hydrogen-bond acceptors (Lipinski definition) is 7. The predicted molar refractivity (Wildman–Crippen MR) is 66.2 cm³/mol. The van der Waals surface area contributed by atoms with Crippen molar-refractivity contribution in [3.63, 3.8) is 0 Å². The quantitative estimate of drug-likeness (QED) is 0.593. The molecule has 0 amide bonds. The van der Waals surface area contributed by atoms with Crippen molar-refractivity contribution < 1.29 is 9.53 Å². The summed E-state index contributed by atoms with van der Waals surface area (Å²) >= 11 is 2.84. The Morgan fingerprint density at radius 3 is 2.75 bits per heavy atom. The molecule has 7 heteroatoms. The molecule has 0 saturated carbocycles. The van der Waals surface area contributed by atoms with Gasteiger partial charge < -0.3 is 9.64 Å². The van der Waals surface area contributed by atoms with Crippen molar-refractivity contribution in [3.8, 4) is 0 Å². The average molecular weight is 261 g/mol. The number of esters is 1. The van der Waals surface area contributed by atoms with Gasteiger partial charge in [0.2, 0.25) is 5.13 Å². The minimum atomic E-state index is -0.247. The maximum atomic E-state index is 11.4. The Hall–Kier alpha value is -0.820. The minimum absolute atomic E-state index is 0.214. The standard InChI is InChI=1S/C9H15N3O2S2/c1-5-14-7(13)6(2)15-9-11-10-8(16-9)12(3)4/h6H,5H2,1-4H3/t6-/m0/s1. The lowest BCUT2D eigenvalue weighted by Gasteiger charge is -2.07. The van der Waals surface area contributed by atoms with Gasteiger partial charge in [-0.2, -0.15) is 0 Å². The number of carbonyl (C=O) groups is 1. The van der Waals surface area contributed by atoms with Crippen molar-refractivity contribution in [2.45, 2.75) is 23.4 Å². The Morgan fingerprint density at radius 1 is 1.56 bits per heavy atom. The van der Waals surface area contributed by atoms with E-state index in [0.717, 1.165) is 9.47 Å². The molecule has 0 aliphatic rings. The van der Waals surface area contributed by atoms with E-state index in [2.05, 4.69) is 10.2 Å². The first-order valence-electron chi connectivity index (χ1n) is 4.88. The maximum Gasteiger partial charge on any atom is 0.319 e. The Kier molecular flexibility index (Phi) is 5.01. The summed E-state index contributed by atoms with van der Waals surface area (Å²) in [5.74, 6) is -0.214. The molecule has 5 nitrogen and oxygen atoms in total. The van der Waals surface area contributed by atoms with Gasteiger partial charge in [-0.05, 0) is 13.8 Å². The van der Waals surface area contributed by atoms with Crippen molar-refractivity contribution in [2.24, 2.45) is 0 Å². The summed E-state index contributed by atoms with van der Waals surface area (Å²) in [6, 6.07) is 0. The van der Waals surface area contributed by atoms with Gasteiger partial charge in [-0.15, -0.1) is 10.2 Å². The molecule has 0 saturated heterocycles. The van der Waals surface area contributed by atoms with Crippen LogP contribution in [0, 0.1) is 0 Å². The van der Waals surface area contributed by atoms with Crippen LogP contribution < -0.4 is 4.90 Å². The van der Waals surface area contributed by atoms with Gasteiger partial charge in [-0.25, -0.2) is 0 Å². The molecule has 1 aromatic rings. The number of ether oxygens (including phenoxy) is 1. The highest BCUT2D eigenvalue weighted by atomic mass is 32.2. The molecule has 1 atom stereocenters. The van der Waals surface area contributed by atoms with E-state index in [1.165, 1.54) is 23.1 Å². The Bertz CT molecular complexity index is 354. The second-order valence-corrected chi connectivity index (χ2v) is 5.80. The van der Waals surface area contributed by atoms with E-state index in [1.54, 1.807) is 13.8 Å². The summed E-state index contributed by atoms with van der Waals surface area (Å²) < 4.78 is 5.70. The van der Waals surface area contributed by atoms with Crippen LogP contribution in [0.25, 0.3) is 0 Å². The van der Waals surface area contributed by atoms with Gasteiger partial charge in [-0.3, -0.25) is 4.79 Å². The summed E-state index contributed by atoms with van der Waals surface area (Å²) in [7, 11) is 3.81. The zero-order chi connectivity index (χ0) is 12.1. The van der Waals surface area contributed by atoms with Crippen LogP contribution in [0.3, 0.4) is 0 Å². The first-order chi connectivity index (χ1) is 7.54. The van der Waals surface area contributed by atoms with E-state index in [-0.39, 0.29) is 11.2 Å². The summed E-state index contributed by atoms with van der Waals surface area (Å²) in [5, 5.41) is 8.58. The number of anilines is 1. The summed E-state index contributed by atoms with van der Waals surface area (Å²) in [6.07, 6.45) is 0. The van der Waals surface area contributed by atoms with Crippen molar-refractivity contribution in [1.82, 2.24) is 10.2 Å². The highest BCUT2D eigenvalue weighted by molar-refractivity contribution is 8.02. The normalized spacial score (nSPS) is 12.2. The first-order valence-corrected chi connectivity index (χ1v) is 6.58.